The van der Waals surface area contributed by atoms with E-state index in [1.54, 1.807) is 6.92 Å². The number of amides is 1. The number of hydrogen-bond donors (Lipinski definition) is 2. The van der Waals surface area contributed by atoms with E-state index >= 15 is 0 Å². The third-order valence-electron chi connectivity index (χ3n) is 2.16. The third-order valence-corrected chi connectivity index (χ3v) is 3.38. The van der Waals surface area contributed by atoms with Gasteiger partial charge in [0.15, 0.2) is 0 Å². The fraction of sp³-hybridized carbons (Fsp3) is 0.636. The van der Waals surface area contributed by atoms with Gasteiger partial charge in [-0.2, -0.15) is 0 Å². The van der Waals surface area contributed by atoms with Crippen LogP contribution in [0.3, 0.4) is 0 Å². The molecule has 0 fully saturated rings. The van der Waals surface area contributed by atoms with Gasteiger partial charge >= 0.3 is 0 Å². The van der Waals surface area contributed by atoms with Crippen molar-refractivity contribution >= 4 is 17.2 Å². The van der Waals surface area contributed by atoms with E-state index in [4.69, 9.17) is 5.11 Å². The van der Waals surface area contributed by atoms with E-state index in [0.717, 1.165) is 23.5 Å². The number of aliphatic hydroxyl groups is 1. The maximum Gasteiger partial charge on any atom is 0.263 e. The Kier molecular flexibility index (Phi) is 4.89. The number of rotatable bonds is 5. The Morgan fingerprint density at radius 3 is 2.88 bits per heavy atom. The molecule has 0 radical (unpaired) electrons. The van der Waals surface area contributed by atoms with Crippen molar-refractivity contribution in [2.24, 2.45) is 0 Å². The molecule has 0 bridgehead atoms. The van der Waals surface area contributed by atoms with Crippen LogP contribution in [0.5, 0.6) is 0 Å². The quantitative estimate of drug-likeness (QED) is 0.823. The molecule has 0 spiro atoms. The van der Waals surface area contributed by atoms with E-state index in [9.17, 15) is 4.79 Å². The molecular weight excluding hydrogens is 224 g/mol. The highest BCUT2D eigenvalue weighted by atomic mass is 32.1. The lowest BCUT2D eigenvalue weighted by Gasteiger charge is -2.09. The Morgan fingerprint density at radius 1 is 1.62 bits per heavy atom. The van der Waals surface area contributed by atoms with Gasteiger partial charge < -0.3 is 10.4 Å². The van der Waals surface area contributed by atoms with E-state index in [2.05, 4.69) is 17.2 Å². The van der Waals surface area contributed by atoms with Crippen molar-refractivity contribution in [3.8, 4) is 0 Å². The Balaban J connectivity index is 2.75. The highest BCUT2D eigenvalue weighted by Crippen LogP contribution is 2.19. The molecule has 1 unspecified atom stereocenters. The van der Waals surface area contributed by atoms with Crippen molar-refractivity contribution in [1.29, 1.82) is 0 Å². The van der Waals surface area contributed by atoms with Gasteiger partial charge in [0.2, 0.25) is 0 Å². The second kappa shape index (κ2) is 5.96. The van der Waals surface area contributed by atoms with Gasteiger partial charge in [-0.25, -0.2) is 4.98 Å². The predicted molar refractivity (Wildman–Crippen MR) is 64.9 cm³/mol. The average molecular weight is 242 g/mol. The van der Waals surface area contributed by atoms with Crippen molar-refractivity contribution < 1.29 is 9.90 Å². The van der Waals surface area contributed by atoms with Gasteiger partial charge in [0.25, 0.3) is 5.91 Å². The summed E-state index contributed by atoms with van der Waals surface area (Å²) in [4.78, 5) is 16.8. The van der Waals surface area contributed by atoms with Crippen LogP contribution in [0.25, 0.3) is 0 Å². The highest BCUT2D eigenvalue weighted by Gasteiger charge is 2.16. The maximum absolute atomic E-state index is 11.8. The maximum atomic E-state index is 11.8. The van der Waals surface area contributed by atoms with E-state index < -0.39 is 0 Å². The first kappa shape index (κ1) is 13.1. The van der Waals surface area contributed by atoms with Gasteiger partial charge in [-0.05, 0) is 26.7 Å². The first-order valence-corrected chi connectivity index (χ1v) is 6.28. The number of aryl methyl sites for hydroxylation is 2. The van der Waals surface area contributed by atoms with Crippen LogP contribution in [0.4, 0.5) is 0 Å². The molecule has 5 heteroatoms. The van der Waals surface area contributed by atoms with E-state index in [0.29, 0.717) is 4.88 Å². The van der Waals surface area contributed by atoms with Crippen molar-refractivity contribution in [1.82, 2.24) is 10.3 Å². The minimum absolute atomic E-state index is 0.0502. The lowest BCUT2D eigenvalue weighted by Crippen LogP contribution is -2.34. The first-order chi connectivity index (χ1) is 7.58. The van der Waals surface area contributed by atoms with Crippen molar-refractivity contribution in [3.05, 3.63) is 15.6 Å². The molecule has 0 saturated heterocycles. The molecule has 90 valence electrons. The van der Waals surface area contributed by atoms with Crippen LogP contribution in [-0.4, -0.2) is 28.6 Å². The molecule has 1 rings (SSSR count). The van der Waals surface area contributed by atoms with Crippen LogP contribution in [0.15, 0.2) is 0 Å². The fourth-order valence-corrected chi connectivity index (χ4v) is 2.39. The molecule has 1 heterocycles. The number of nitrogens with one attached hydrogen (secondary N) is 1. The summed E-state index contributed by atoms with van der Waals surface area (Å²) in [7, 11) is 0. The van der Waals surface area contributed by atoms with Crippen LogP contribution >= 0.6 is 11.3 Å². The second-order valence-electron chi connectivity index (χ2n) is 3.83. The second-order valence-corrected chi connectivity index (χ2v) is 4.91. The molecule has 0 aliphatic heterocycles. The summed E-state index contributed by atoms with van der Waals surface area (Å²) in [6.45, 7) is 5.64. The molecule has 0 saturated carbocycles. The van der Waals surface area contributed by atoms with Crippen molar-refractivity contribution in [3.63, 3.8) is 0 Å². The normalized spacial score (nSPS) is 12.5. The van der Waals surface area contributed by atoms with Crippen molar-refractivity contribution in [2.75, 3.05) is 6.61 Å². The van der Waals surface area contributed by atoms with Gasteiger partial charge in [-0.3, -0.25) is 4.79 Å². The topological polar surface area (TPSA) is 62.2 Å². The zero-order chi connectivity index (χ0) is 12.1. The number of aromatic nitrogens is 1. The van der Waals surface area contributed by atoms with Gasteiger partial charge in [0.05, 0.1) is 17.3 Å². The number of carbonyl (C=O) groups is 1. The Bertz CT molecular complexity index is 363. The number of hydrogen-bond acceptors (Lipinski definition) is 4. The Morgan fingerprint density at radius 2 is 2.31 bits per heavy atom. The summed E-state index contributed by atoms with van der Waals surface area (Å²) in [6, 6.07) is -0.219. The zero-order valence-electron chi connectivity index (χ0n) is 9.91. The van der Waals surface area contributed by atoms with E-state index in [-0.39, 0.29) is 18.6 Å². The number of aliphatic hydroxyl groups excluding tert-OH is 1. The third kappa shape index (κ3) is 3.28. The predicted octanol–water partition coefficient (Wildman–Crippen LogP) is 1.51. The summed E-state index contributed by atoms with van der Waals surface area (Å²) in [6.07, 6.45) is 1.94. The number of carbonyl (C=O) groups excluding carboxylic acids is 1. The molecule has 1 aromatic rings. The standard InChI is InChI=1S/C11H18N2O2S/c1-4-5-9-13-8(3)10(16-9)11(15)12-7(2)6-14/h7,14H,4-6H2,1-3H3,(H,12,15). The Labute approximate surface area is 99.7 Å². The van der Waals surface area contributed by atoms with Crippen molar-refractivity contribution in [2.45, 2.75) is 39.7 Å². The smallest absolute Gasteiger partial charge is 0.263 e. The molecule has 1 amide bonds. The largest absolute Gasteiger partial charge is 0.394 e. The SMILES string of the molecule is CCCc1nc(C)c(C(=O)NC(C)CO)s1. The first-order valence-electron chi connectivity index (χ1n) is 5.46. The summed E-state index contributed by atoms with van der Waals surface area (Å²) in [5.41, 5.74) is 0.774. The van der Waals surface area contributed by atoms with E-state index in [1.807, 2.05) is 6.92 Å². The van der Waals surface area contributed by atoms with Crippen LogP contribution in [0, 0.1) is 6.92 Å². The molecular formula is C11H18N2O2S. The number of thiazole rings is 1. The average Bonchev–Trinajstić information content (AvgIpc) is 2.60. The molecule has 1 aromatic heterocycles. The van der Waals surface area contributed by atoms with Crippen LogP contribution in [-0.2, 0) is 6.42 Å². The van der Waals surface area contributed by atoms with Crippen LogP contribution in [0.1, 0.15) is 40.6 Å². The Hall–Kier alpha value is -0.940. The molecule has 16 heavy (non-hydrogen) atoms. The van der Waals surface area contributed by atoms with Gasteiger partial charge in [-0.15, -0.1) is 11.3 Å². The van der Waals surface area contributed by atoms with Crippen LogP contribution in [0.2, 0.25) is 0 Å². The monoisotopic (exact) mass is 242 g/mol. The summed E-state index contributed by atoms with van der Waals surface area (Å²) < 4.78 is 0. The summed E-state index contributed by atoms with van der Waals surface area (Å²) in [5.74, 6) is -0.140. The molecule has 1 atom stereocenters. The molecule has 0 aliphatic carbocycles. The molecule has 4 nitrogen and oxygen atoms in total. The fourth-order valence-electron chi connectivity index (χ4n) is 1.32. The van der Waals surface area contributed by atoms with Crippen LogP contribution < -0.4 is 5.32 Å². The minimum atomic E-state index is -0.219. The van der Waals surface area contributed by atoms with Gasteiger partial charge in [-0.1, -0.05) is 6.92 Å². The zero-order valence-corrected chi connectivity index (χ0v) is 10.7. The molecule has 0 aliphatic rings. The molecule has 2 N–H and O–H groups in total. The van der Waals surface area contributed by atoms with Gasteiger partial charge in [0.1, 0.15) is 4.88 Å². The molecule has 0 aromatic carbocycles. The summed E-state index contributed by atoms with van der Waals surface area (Å²) >= 11 is 1.44. The number of nitrogens with zero attached hydrogens (tertiary/aromatic N) is 1. The van der Waals surface area contributed by atoms with Gasteiger partial charge in [0, 0.05) is 6.04 Å². The summed E-state index contributed by atoms with van der Waals surface area (Å²) in [5, 5.41) is 12.6. The lowest BCUT2D eigenvalue weighted by atomic mass is 10.3. The minimum Gasteiger partial charge on any atom is -0.394 e. The highest BCUT2D eigenvalue weighted by molar-refractivity contribution is 7.13. The lowest BCUT2D eigenvalue weighted by molar-refractivity contribution is 0.0925. The van der Waals surface area contributed by atoms with E-state index in [1.165, 1.54) is 11.3 Å².